The van der Waals surface area contributed by atoms with Crippen molar-refractivity contribution < 1.29 is 14.4 Å². The molecule has 6 heteroatoms. The molecule has 6 aromatic rings. The van der Waals surface area contributed by atoms with Crippen LogP contribution in [0.15, 0.2) is 101 Å². The van der Waals surface area contributed by atoms with Gasteiger partial charge in [-0.05, 0) is 67.1 Å². The number of hydrogen-bond donors (Lipinski definition) is 1. The van der Waals surface area contributed by atoms with E-state index in [1.807, 2.05) is 56.3 Å². The molecule has 192 valence electrons. The van der Waals surface area contributed by atoms with Gasteiger partial charge < -0.3 is 14.2 Å². The number of aryl methyl sites for hydroxylation is 2. The topological polar surface area (TPSA) is 80.6 Å². The van der Waals surface area contributed by atoms with E-state index in [0.29, 0.717) is 6.54 Å². The zero-order chi connectivity index (χ0) is 27.1. The highest BCUT2D eigenvalue weighted by Crippen LogP contribution is 2.42. The quantitative estimate of drug-likeness (QED) is 0.223. The maximum Gasteiger partial charge on any atom is 0.335 e. The average Bonchev–Trinajstić information content (AvgIpc) is 3.46. The fourth-order valence-electron chi connectivity index (χ4n) is 5.72. The number of benzene rings is 4. The van der Waals surface area contributed by atoms with Crippen molar-refractivity contribution in [3.63, 3.8) is 0 Å². The van der Waals surface area contributed by atoms with Gasteiger partial charge in [0, 0.05) is 16.3 Å². The normalized spacial score (nSPS) is 11.5. The van der Waals surface area contributed by atoms with E-state index in [0.717, 1.165) is 61.1 Å². The Kier molecular flexibility index (Phi) is 6.08. The van der Waals surface area contributed by atoms with Crippen LogP contribution in [0.3, 0.4) is 0 Å². The summed E-state index contributed by atoms with van der Waals surface area (Å²) in [5.41, 5.74) is 7.96. The summed E-state index contributed by atoms with van der Waals surface area (Å²) in [5, 5.41) is 16.1. The van der Waals surface area contributed by atoms with Gasteiger partial charge in [-0.2, -0.15) is 0 Å². The Hall–Kier alpha value is -4.97. The number of fused-ring (bicyclic) bond motifs is 3. The first-order chi connectivity index (χ1) is 19.0. The number of hydrogen-bond acceptors (Lipinski definition) is 4. The van der Waals surface area contributed by atoms with E-state index in [1.54, 1.807) is 12.1 Å². The SMILES string of the molecule is C=NCc1cc(-c2c(C)noc2C)cc2c1c1ccc(C(=O)O)cc1n2C(c1ccccc1)c1ccccc1. The molecule has 0 bridgehead atoms. The lowest BCUT2D eigenvalue weighted by atomic mass is 9.96. The van der Waals surface area contributed by atoms with Gasteiger partial charge in [0.15, 0.2) is 0 Å². The van der Waals surface area contributed by atoms with Crippen molar-refractivity contribution in [3.8, 4) is 11.1 Å². The maximum atomic E-state index is 12.1. The number of rotatable bonds is 7. The zero-order valence-electron chi connectivity index (χ0n) is 21.8. The molecule has 6 nitrogen and oxygen atoms in total. The van der Waals surface area contributed by atoms with Gasteiger partial charge in [-0.1, -0.05) is 71.9 Å². The molecule has 6 rings (SSSR count). The Morgan fingerprint density at radius 1 is 0.949 bits per heavy atom. The van der Waals surface area contributed by atoms with Gasteiger partial charge in [0.05, 0.1) is 34.9 Å². The lowest BCUT2D eigenvalue weighted by molar-refractivity contribution is 0.0697. The Balaban J connectivity index is 1.81. The molecule has 0 saturated carbocycles. The van der Waals surface area contributed by atoms with E-state index >= 15 is 0 Å². The third kappa shape index (κ3) is 4.10. The summed E-state index contributed by atoms with van der Waals surface area (Å²) in [7, 11) is 0. The minimum Gasteiger partial charge on any atom is -0.478 e. The largest absolute Gasteiger partial charge is 0.478 e. The van der Waals surface area contributed by atoms with Gasteiger partial charge in [-0.3, -0.25) is 4.99 Å². The molecule has 0 atom stereocenters. The van der Waals surface area contributed by atoms with Crippen LogP contribution >= 0.6 is 0 Å². The van der Waals surface area contributed by atoms with Crippen molar-refractivity contribution in [2.75, 3.05) is 0 Å². The van der Waals surface area contributed by atoms with Crippen LogP contribution in [0.25, 0.3) is 32.9 Å². The standard InChI is InChI=1S/C33H27N3O3/c1-20-30(21(2)39-35-20)25-16-26(19-34-3)31-27-15-14-24(33(37)38)17-28(27)36(29(31)18-25)32(22-10-6-4-7-11-22)23-12-8-5-9-13-23/h4-18,32H,3,19H2,1-2H3,(H,37,38). The van der Waals surface area contributed by atoms with Crippen molar-refractivity contribution in [3.05, 3.63) is 125 Å². The first kappa shape index (κ1) is 24.4. The molecule has 0 spiro atoms. The summed E-state index contributed by atoms with van der Waals surface area (Å²) >= 11 is 0. The van der Waals surface area contributed by atoms with Crippen LogP contribution in [0.2, 0.25) is 0 Å². The number of carboxylic acid groups (broad SMARTS) is 1. The number of aromatic carboxylic acids is 1. The summed E-state index contributed by atoms with van der Waals surface area (Å²) in [6.45, 7) is 8.04. The van der Waals surface area contributed by atoms with Crippen molar-refractivity contribution in [1.29, 1.82) is 0 Å². The van der Waals surface area contributed by atoms with E-state index < -0.39 is 5.97 Å². The van der Waals surface area contributed by atoms with Crippen LogP contribution in [0, 0.1) is 13.8 Å². The molecule has 4 aromatic carbocycles. The van der Waals surface area contributed by atoms with Gasteiger partial charge in [0.25, 0.3) is 0 Å². The molecule has 0 fully saturated rings. The van der Waals surface area contributed by atoms with Crippen LogP contribution in [-0.2, 0) is 6.54 Å². The summed E-state index contributed by atoms with van der Waals surface area (Å²) in [6.07, 6.45) is 0. The number of nitrogens with zero attached hydrogens (tertiary/aromatic N) is 3. The minimum atomic E-state index is -0.964. The predicted octanol–water partition coefficient (Wildman–Crippen LogP) is 7.60. The molecular weight excluding hydrogens is 486 g/mol. The summed E-state index contributed by atoms with van der Waals surface area (Å²) in [4.78, 5) is 16.3. The van der Waals surface area contributed by atoms with E-state index in [-0.39, 0.29) is 11.6 Å². The average molecular weight is 514 g/mol. The van der Waals surface area contributed by atoms with E-state index in [1.165, 1.54) is 0 Å². The molecule has 2 heterocycles. The van der Waals surface area contributed by atoms with Gasteiger partial charge in [-0.25, -0.2) is 4.79 Å². The molecule has 0 unspecified atom stereocenters. The highest BCUT2D eigenvalue weighted by atomic mass is 16.5. The van der Waals surface area contributed by atoms with Gasteiger partial charge in [0.1, 0.15) is 5.76 Å². The second-order valence-corrected chi connectivity index (χ2v) is 9.74. The second kappa shape index (κ2) is 9.72. The third-order valence-corrected chi connectivity index (χ3v) is 7.33. The fourth-order valence-corrected chi connectivity index (χ4v) is 5.72. The van der Waals surface area contributed by atoms with Gasteiger partial charge >= 0.3 is 5.97 Å². The number of aromatic nitrogens is 2. The summed E-state index contributed by atoms with van der Waals surface area (Å²) in [5.74, 6) is -0.225. The van der Waals surface area contributed by atoms with Crippen molar-refractivity contribution in [1.82, 2.24) is 9.72 Å². The van der Waals surface area contributed by atoms with Crippen LogP contribution < -0.4 is 0 Å². The second-order valence-electron chi connectivity index (χ2n) is 9.74. The summed E-state index contributed by atoms with van der Waals surface area (Å²) in [6, 6.07) is 30.0. The maximum absolute atomic E-state index is 12.1. The number of carbonyl (C=O) groups is 1. The zero-order valence-corrected chi connectivity index (χ0v) is 21.8. The highest BCUT2D eigenvalue weighted by Gasteiger charge is 2.25. The molecule has 0 aliphatic heterocycles. The van der Waals surface area contributed by atoms with E-state index in [4.69, 9.17) is 4.52 Å². The Morgan fingerprint density at radius 3 is 2.18 bits per heavy atom. The molecule has 0 aliphatic carbocycles. The van der Waals surface area contributed by atoms with Gasteiger partial charge in [0.2, 0.25) is 0 Å². The minimum absolute atomic E-state index is 0.207. The summed E-state index contributed by atoms with van der Waals surface area (Å²) < 4.78 is 7.78. The molecule has 39 heavy (non-hydrogen) atoms. The van der Waals surface area contributed by atoms with Crippen LogP contribution in [0.1, 0.15) is 44.5 Å². The Bertz CT molecular complexity index is 1790. The molecule has 2 aromatic heterocycles. The first-order valence-electron chi connectivity index (χ1n) is 12.8. The Labute approximate surface area is 225 Å². The Morgan fingerprint density at radius 2 is 1.62 bits per heavy atom. The molecule has 0 amide bonds. The predicted molar refractivity (Wildman–Crippen MR) is 155 cm³/mol. The third-order valence-electron chi connectivity index (χ3n) is 7.33. The monoisotopic (exact) mass is 513 g/mol. The van der Waals surface area contributed by atoms with Crippen LogP contribution in [-0.4, -0.2) is 27.5 Å². The van der Waals surface area contributed by atoms with Gasteiger partial charge in [-0.15, -0.1) is 0 Å². The van der Waals surface area contributed by atoms with E-state index in [2.05, 4.69) is 57.8 Å². The molecule has 0 aliphatic rings. The lowest BCUT2D eigenvalue weighted by Gasteiger charge is -2.23. The van der Waals surface area contributed by atoms with E-state index in [9.17, 15) is 9.90 Å². The highest BCUT2D eigenvalue weighted by molar-refractivity contribution is 6.12. The van der Waals surface area contributed by atoms with Crippen molar-refractivity contribution >= 4 is 34.5 Å². The molecule has 1 N–H and O–H groups in total. The van der Waals surface area contributed by atoms with Crippen molar-refractivity contribution in [2.24, 2.45) is 4.99 Å². The fraction of sp³-hybridized carbons (Fsp3) is 0.121. The van der Waals surface area contributed by atoms with Crippen molar-refractivity contribution in [2.45, 2.75) is 26.4 Å². The number of carboxylic acids is 1. The molecule has 0 saturated heterocycles. The van der Waals surface area contributed by atoms with Crippen LogP contribution in [0.5, 0.6) is 0 Å². The smallest absolute Gasteiger partial charge is 0.335 e. The first-order valence-corrected chi connectivity index (χ1v) is 12.8. The van der Waals surface area contributed by atoms with Crippen LogP contribution in [0.4, 0.5) is 0 Å². The molecule has 0 radical (unpaired) electrons. The lowest BCUT2D eigenvalue weighted by Crippen LogP contribution is -2.12. The number of aliphatic imine (C=N–C) groups is 1. The molecular formula is C33H27N3O3.